The van der Waals surface area contributed by atoms with E-state index < -0.39 is 30.3 Å². The maximum atomic E-state index is 12.9. The van der Waals surface area contributed by atoms with Crippen molar-refractivity contribution >= 4 is 11.2 Å². The summed E-state index contributed by atoms with van der Waals surface area (Å²) in [5, 5.41) is 9.60. The van der Waals surface area contributed by atoms with Gasteiger partial charge in [-0.05, 0) is 30.7 Å². The molecule has 0 fully saturated rings. The van der Waals surface area contributed by atoms with E-state index in [0.29, 0.717) is 29.5 Å². The van der Waals surface area contributed by atoms with E-state index in [9.17, 15) is 23.5 Å². The van der Waals surface area contributed by atoms with Gasteiger partial charge in [0.05, 0.1) is 13.7 Å². The quantitative estimate of drug-likeness (QED) is 0.396. The van der Waals surface area contributed by atoms with Gasteiger partial charge in [-0.1, -0.05) is 29.8 Å². The highest BCUT2D eigenvalue weighted by Crippen LogP contribution is 2.33. The minimum absolute atomic E-state index is 0.000249. The van der Waals surface area contributed by atoms with Crippen LogP contribution in [0.2, 0.25) is 0 Å². The van der Waals surface area contributed by atoms with Crippen molar-refractivity contribution in [1.82, 2.24) is 19.1 Å². The van der Waals surface area contributed by atoms with Crippen molar-refractivity contribution in [2.75, 3.05) is 7.11 Å². The molecule has 0 aliphatic heterocycles. The second kappa shape index (κ2) is 9.71. The number of fused-ring (bicyclic) bond motifs is 1. The molecular formula is C24H24F2N4O5. The van der Waals surface area contributed by atoms with Crippen molar-refractivity contribution in [3.05, 3.63) is 74.4 Å². The fourth-order valence-electron chi connectivity index (χ4n) is 3.71. The molecule has 0 saturated carbocycles. The number of alkyl halides is 2. The molecule has 0 amide bonds. The first kappa shape index (κ1) is 24.1. The molecule has 2 aromatic carbocycles. The van der Waals surface area contributed by atoms with Gasteiger partial charge in [-0.3, -0.25) is 14.3 Å². The lowest BCUT2D eigenvalue weighted by Gasteiger charge is -2.12. The number of hydrogen-bond acceptors (Lipinski definition) is 6. The molecule has 0 spiro atoms. The maximum absolute atomic E-state index is 12.9. The highest BCUT2D eigenvalue weighted by atomic mass is 19.3. The third kappa shape index (κ3) is 4.80. The topological polar surface area (TPSA) is 111 Å². The first-order valence-electron chi connectivity index (χ1n) is 10.7. The summed E-state index contributed by atoms with van der Waals surface area (Å²) in [5.74, 6) is 1.20. The van der Waals surface area contributed by atoms with E-state index >= 15 is 0 Å². The van der Waals surface area contributed by atoms with Gasteiger partial charge in [-0.2, -0.15) is 0 Å². The molecule has 1 unspecified atom stereocenters. The molecule has 0 saturated heterocycles. The zero-order chi connectivity index (χ0) is 25.3. The number of benzene rings is 2. The minimum Gasteiger partial charge on any atom is -0.493 e. The van der Waals surface area contributed by atoms with Gasteiger partial charge >= 0.3 is 5.69 Å². The summed E-state index contributed by atoms with van der Waals surface area (Å²) in [4.78, 5) is 31.2. The second-order valence-corrected chi connectivity index (χ2v) is 8.08. The molecule has 0 aliphatic rings. The van der Waals surface area contributed by atoms with E-state index in [0.717, 1.165) is 15.7 Å². The summed E-state index contributed by atoms with van der Waals surface area (Å²) in [6.07, 6.45) is -5.17. The van der Waals surface area contributed by atoms with E-state index in [1.165, 1.54) is 11.7 Å². The lowest BCUT2D eigenvalue weighted by atomic mass is 10.1. The number of methoxy groups -OCH3 is 1. The number of ether oxygens (including phenoxy) is 2. The van der Waals surface area contributed by atoms with E-state index in [1.807, 2.05) is 31.2 Å². The predicted molar refractivity (Wildman–Crippen MR) is 125 cm³/mol. The molecule has 4 aromatic rings. The van der Waals surface area contributed by atoms with Gasteiger partial charge in [0.25, 0.3) is 12.0 Å². The summed E-state index contributed by atoms with van der Waals surface area (Å²) in [5.41, 5.74) is 0.889. The Bertz CT molecular complexity index is 1470. The lowest BCUT2D eigenvalue weighted by Crippen LogP contribution is -2.36. The number of aliphatic hydroxyl groups excluding tert-OH is 1. The summed E-state index contributed by atoms with van der Waals surface area (Å²) in [6, 6.07) is 13.0. The zero-order valence-electron chi connectivity index (χ0n) is 19.3. The van der Waals surface area contributed by atoms with Gasteiger partial charge in [0.15, 0.2) is 22.7 Å². The number of aromatic amines is 1. The Morgan fingerprint density at radius 3 is 2.49 bits per heavy atom. The first-order chi connectivity index (χ1) is 16.7. The molecule has 35 heavy (non-hydrogen) atoms. The average Bonchev–Trinajstić information content (AvgIpc) is 3.18. The first-order valence-corrected chi connectivity index (χ1v) is 10.7. The van der Waals surface area contributed by atoms with Crippen LogP contribution in [0.4, 0.5) is 8.78 Å². The lowest BCUT2D eigenvalue weighted by molar-refractivity contribution is -0.0136. The van der Waals surface area contributed by atoms with Crippen LogP contribution in [0.3, 0.4) is 0 Å². The average molecular weight is 486 g/mol. The van der Waals surface area contributed by atoms with Crippen LogP contribution in [0.25, 0.3) is 22.6 Å². The van der Waals surface area contributed by atoms with Crippen molar-refractivity contribution < 1.29 is 23.4 Å². The number of nitrogens with one attached hydrogen (secondary N) is 1. The van der Waals surface area contributed by atoms with E-state index in [1.54, 1.807) is 25.2 Å². The van der Waals surface area contributed by atoms with E-state index in [4.69, 9.17) is 9.47 Å². The molecule has 1 atom stereocenters. The van der Waals surface area contributed by atoms with Crippen LogP contribution in [0, 0.1) is 6.92 Å². The molecule has 0 aliphatic carbocycles. The Kier molecular flexibility index (Phi) is 6.70. The van der Waals surface area contributed by atoms with Crippen LogP contribution in [0.15, 0.2) is 52.1 Å². The molecule has 0 bridgehead atoms. The van der Waals surface area contributed by atoms with Crippen molar-refractivity contribution in [2.24, 2.45) is 7.05 Å². The number of nitrogens with zero attached hydrogens (tertiary/aromatic N) is 3. The monoisotopic (exact) mass is 486 g/mol. The number of H-pyrrole nitrogens is 1. The molecule has 184 valence electrons. The smallest absolute Gasteiger partial charge is 0.330 e. The predicted octanol–water partition coefficient (Wildman–Crippen LogP) is 2.61. The third-order valence-corrected chi connectivity index (χ3v) is 5.61. The largest absolute Gasteiger partial charge is 0.493 e. The standard InChI is InChI=1S/C24H24F2N4O5/c1-13-4-6-14(7-5-13)12-35-17-9-8-15(10-18(17)34-3)21-27-22-19(29(21)2)23(32)28-24(33)30(22)11-16(31)20(25)26/h4-10,16,20,31H,11-12H2,1-3H3,(H,28,32,33). The van der Waals surface area contributed by atoms with Gasteiger partial charge in [0, 0.05) is 12.6 Å². The molecular weight excluding hydrogens is 462 g/mol. The van der Waals surface area contributed by atoms with Crippen LogP contribution in [0.1, 0.15) is 11.1 Å². The molecule has 11 heteroatoms. The normalized spacial score (nSPS) is 12.3. The van der Waals surface area contributed by atoms with Gasteiger partial charge in [0.1, 0.15) is 18.5 Å². The zero-order valence-corrected chi connectivity index (χ0v) is 19.3. The summed E-state index contributed by atoms with van der Waals surface area (Å²) < 4.78 is 39.4. The highest BCUT2D eigenvalue weighted by molar-refractivity contribution is 5.77. The highest BCUT2D eigenvalue weighted by Gasteiger charge is 2.23. The molecule has 2 aromatic heterocycles. The Labute approximate surface area is 198 Å². The Morgan fingerprint density at radius 1 is 1.11 bits per heavy atom. The number of hydrogen-bond donors (Lipinski definition) is 2. The van der Waals surface area contributed by atoms with E-state index in [-0.39, 0.29) is 11.2 Å². The fraction of sp³-hybridized carbons (Fsp3) is 0.292. The summed E-state index contributed by atoms with van der Waals surface area (Å²) in [7, 11) is 3.05. The fourth-order valence-corrected chi connectivity index (χ4v) is 3.71. The number of aromatic nitrogens is 4. The number of halogens is 2. The van der Waals surface area contributed by atoms with Gasteiger partial charge in [-0.25, -0.2) is 18.6 Å². The Morgan fingerprint density at radius 2 is 1.83 bits per heavy atom. The van der Waals surface area contributed by atoms with Gasteiger partial charge < -0.3 is 19.1 Å². The second-order valence-electron chi connectivity index (χ2n) is 8.08. The molecule has 0 radical (unpaired) electrons. The Balaban J connectivity index is 1.72. The Hall–Kier alpha value is -3.99. The van der Waals surface area contributed by atoms with Crippen molar-refractivity contribution in [1.29, 1.82) is 0 Å². The number of imidazole rings is 1. The SMILES string of the molecule is COc1cc(-c2nc3c(c(=O)[nH]c(=O)n3CC(O)C(F)F)n2C)ccc1OCc1ccc(C)cc1. The minimum atomic E-state index is -3.07. The van der Waals surface area contributed by atoms with Crippen LogP contribution in [-0.4, -0.2) is 43.8 Å². The molecule has 2 N–H and O–H groups in total. The van der Waals surface area contributed by atoms with E-state index in [2.05, 4.69) is 9.97 Å². The third-order valence-electron chi connectivity index (χ3n) is 5.61. The summed E-state index contributed by atoms with van der Waals surface area (Å²) in [6.45, 7) is 1.60. The van der Waals surface area contributed by atoms with Crippen LogP contribution >= 0.6 is 0 Å². The number of aryl methyl sites for hydroxylation is 2. The molecule has 4 rings (SSSR count). The van der Waals surface area contributed by atoms with Crippen LogP contribution in [-0.2, 0) is 20.2 Å². The van der Waals surface area contributed by atoms with Gasteiger partial charge in [-0.15, -0.1) is 0 Å². The van der Waals surface area contributed by atoms with Crippen molar-refractivity contribution in [3.8, 4) is 22.9 Å². The van der Waals surface area contributed by atoms with Crippen LogP contribution in [0.5, 0.6) is 11.5 Å². The van der Waals surface area contributed by atoms with Crippen LogP contribution < -0.4 is 20.7 Å². The molecule has 2 heterocycles. The van der Waals surface area contributed by atoms with Crippen molar-refractivity contribution in [3.63, 3.8) is 0 Å². The summed E-state index contributed by atoms with van der Waals surface area (Å²) >= 11 is 0. The van der Waals surface area contributed by atoms with Gasteiger partial charge in [0.2, 0.25) is 0 Å². The van der Waals surface area contributed by atoms with Crippen molar-refractivity contribution in [2.45, 2.75) is 32.6 Å². The number of rotatable bonds is 8. The number of aliphatic hydroxyl groups is 1. The molecule has 9 nitrogen and oxygen atoms in total. The maximum Gasteiger partial charge on any atom is 0.330 e.